The molecule has 7 heteroatoms. The Kier molecular flexibility index (Phi) is 7.11. The topological polar surface area (TPSA) is 98.0 Å². The van der Waals surface area contributed by atoms with Crippen molar-refractivity contribution < 1.29 is 42.9 Å². The second-order valence-electron chi connectivity index (χ2n) is 0.600. The fraction of sp³-hybridized carbons (Fsp3) is 0. The zero-order valence-corrected chi connectivity index (χ0v) is 5.76. The molecule has 0 amide bonds. The van der Waals surface area contributed by atoms with Crippen LogP contribution in [0.1, 0.15) is 0 Å². The summed E-state index contributed by atoms with van der Waals surface area (Å²) in [5.74, 6) is 0. The zero-order valence-electron chi connectivity index (χ0n) is 3.20. The van der Waals surface area contributed by atoms with Crippen molar-refractivity contribution in [3.63, 3.8) is 0 Å². The van der Waals surface area contributed by atoms with Gasteiger partial charge in [0.15, 0.2) is 0 Å². The summed E-state index contributed by atoms with van der Waals surface area (Å²) in [6.07, 6.45) is 0. The van der Waals surface area contributed by atoms with E-state index in [2.05, 4.69) is 0 Å². The molecule has 0 aromatic rings. The van der Waals surface area contributed by atoms with E-state index in [1.54, 1.807) is 0 Å². The standard InChI is InChI=1S/H4O4Si.O.Ti/c1-5(2,3)4;;/h1-4H;;. The van der Waals surface area contributed by atoms with Crippen LogP contribution in [0.25, 0.3) is 0 Å². The maximum absolute atomic E-state index is 8.25. The molecule has 42 valence electrons. The van der Waals surface area contributed by atoms with Gasteiger partial charge >= 0.3 is 32.8 Å². The van der Waals surface area contributed by atoms with Gasteiger partial charge in [0.25, 0.3) is 0 Å². The molecule has 0 radical (unpaired) electrons. The molecule has 0 aromatic carbocycles. The van der Waals surface area contributed by atoms with E-state index >= 15 is 0 Å². The Balaban J connectivity index is 0. The normalized spacial score (nSPS) is 9.00. The molecule has 5 nitrogen and oxygen atoms in total. The van der Waals surface area contributed by atoms with Crippen LogP contribution >= 0.6 is 0 Å². The van der Waals surface area contributed by atoms with Gasteiger partial charge in [-0.25, -0.2) is 0 Å². The van der Waals surface area contributed by atoms with Crippen LogP contribution in [0.3, 0.4) is 0 Å². The van der Waals surface area contributed by atoms with Crippen molar-refractivity contribution in [3.05, 3.63) is 0 Å². The van der Waals surface area contributed by atoms with Gasteiger partial charge in [0, 0.05) is 0 Å². The zero-order chi connectivity index (χ0) is 6.50. The molecular formula is H4O5SiTi. The molecule has 0 bridgehead atoms. The number of hydrogen-bond acceptors (Lipinski definition) is 5. The summed E-state index contributed by atoms with van der Waals surface area (Å²) >= 11 is 0.750. The first-order valence-electron chi connectivity index (χ1n) is 1.10. The maximum atomic E-state index is 8.25. The Hall–Kier alpha value is 0.571. The molecular weight excluding hydrogens is 156 g/mol. The first-order valence-corrected chi connectivity index (χ1v) is 3.52. The van der Waals surface area contributed by atoms with Crippen molar-refractivity contribution in [1.29, 1.82) is 0 Å². The van der Waals surface area contributed by atoms with E-state index in [-0.39, 0.29) is 0 Å². The van der Waals surface area contributed by atoms with E-state index in [9.17, 15) is 0 Å². The van der Waals surface area contributed by atoms with Crippen LogP contribution in [0.15, 0.2) is 0 Å². The van der Waals surface area contributed by atoms with Crippen LogP contribution in [-0.4, -0.2) is 28.2 Å². The third-order valence-electron chi connectivity index (χ3n) is 0. The molecule has 0 aliphatic heterocycles. The van der Waals surface area contributed by atoms with E-state index in [1.807, 2.05) is 0 Å². The quantitative estimate of drug-likeness (QED) is 0.288. The first-order chi connectivity index (χ1) is 3.00. The molecule has 0 atom stereocenters. The summed E-state index contributed by atoms with van der Waals surface area (Å²) in [7, 11) is -4.61. The van der Waals surface area contributed by atoms with E-state index in [4.69, 9.17) is 22.5 Å². The predicted molar refractivity (Wildman–Crippen MR) is 15.3 cm³/mol. The van der Waals surface area contributed by atoms with Crippen molar-refractivity contribution in [2.24, 2.45) is 0 Å². The minimum absolute atomic E-state index is 0.750. The van der Waals surface area contributed by atoms with E-state index in [0.717, 1.165) is 20.4 Å². The van der Waals surface area contributed by atoms with Crippen molar-refractivity contribution in [2.75, 3.05) is 0 Å². The summed E-state index contributed by atoms with van der Waals surface area (Å²) in [4.78, 5) is 29.3. The van der Waals surface area contributed by atoms with Crippen LogP contribution in [0.5, 0.6) is 0 Å². The Morgan fingerprint density at radius 2 is 1.00 bits per heavy atom. The van der Waals surface area contributed by atoms with Crippen LogP contribution < -0.4 is 0 Å². The molecule has 0 spiro atoms. The monoisotopic (exact) mass is 160 g/mol. The second-order valence-corrected chi connectivity index (χ2v) is 1.80. The number of hydrogen-bond donors (Lipinski definition) is 4. The van der Waals surface area contributed by atoms with E-state index in [1.165, 1.54) is 0 Å². The van der Waals surface area contributed by atoms with Gasteiger partial charge in [0.1, 0.15) is 0 Å². The third-order valence-corrected chi connectivity index (χ3v) is 0. The third kappa shape index (κ3) is 421. The van der Waals surface area contributed by atoms with Crippen LogP contribution in [0, 0.1) is 0 Å². The molecule has 4 N–H and O–H groups in total. The summed E-state index contributed by atoms with van der Waals surface area (Å²) in [6.45, 7) is 0. The first kappa shape index (κ1) is 10.5. The Bertz CT molecular complexity index is 31.8. The molecule has 0 saturated heterocycles. The summed E-state index contributed by atoms with van der Waals surface area (Å²) in [6, 6.07) is 0. The van der Waals surface area contributed by atoms with Gasteiger partial charge in [-0.05, 0) is 0 Å². The molecule has 0 heterocycles. The average Bonchev–Trinajstić information content (AvgIpc) is 1.36. The summed E-state index contributed by atoms with van der Waals surface area (Å²) < 4.78 is 8.25. The Morgan fingerprint density at radius 3 is 1.00 bits per heavy atom. The van der Waals surface area contributed by atoms with E-state index in [0.29, 0.717) is 0 Å². The van der Waals surface area contributed by atoms with Crippen molar-refractivity contribution in [3.8, 4) is 0 Å². The molecule has 0 rings (SSSR count). The van der Waals surface area contributed by atoms with Gasteiger partial charge in [0.05, 0.1) is 0 Å². The van der Waals surface area contributed by atoms with Gasteiger partial charge in [-0.1, -0.05) is 0 Å². The van der Waals surface area contributed by atoms with E-state index < -0.39 is 9.05 Å². The fourth-order valence-corrected chi connectivity index (χ4v) is 0. The van der Waals surface area contributed by atoms with Gasteiger partial charge in [0.2, 0.25) is 0 Å². The minimum atomic E-state index is -4.61. The summed E-state index contributed by atoms with van der Waals surface area (Å²) in [5.41, 5.74) is 0. The number of rotatable bonds is 0. The van der Waals surface area contributed by atoms with Crippen molar-refractivity contribution in [1.82, 2.24) is 0 Å². The van der Waals surface area contributed by atoms with Gasteiger partial charge < -0.3 is 19.2 Å². The second kappa shape index (κ2) is 4.72. The molecule has 0 fully saturated rings. The Labute approximate surface area is 52.4 Å². The van der Waals surface area contributed by atoms with Gasteiger partial charge in [-0.3, -0.25) is 0 Å². The van der Waals surface area contributed by atoms with Gasteiger partial charge in [-0.15, -0.1) is 0 Å². The molecule has 0 aromatic heterocycles. The average molecular weight is 160 g/mol. The summed E-state index contributed by atoms with van der Waals surface area (Å²) in [5, 5.41) is 0. The molecule has 0 aliphatic rings. The van der Waals surface area contributed by atoms with Crippen LogP contribution in [0.2, 0.25) is 0 Å². The molecule has 0 saturated carbocycles. The van der Waals surface area contributed by atoms with Crippen molar-refractivity contribution >= 4 is 9.05 Å². The van der Waals surface area contributed by atoms with Crippen LogP contribution in [-0.2, 0) is 23.7 Å². The SMILES string of the molecule is O[Si](O)(O)O.[O]=[Ti]. The van der Waals surface area contributed by atoms with Crippen LogP contribution in [0.4, 0.5) is 0 Å². The molecule has 7 heavy (non-hydrogen) atoms. The van der Waals surface area contributed by atoms with Gasteiger partial charge in [-0.2, -0.15) is 0 Å². The molecule has 0 aliphatic carbocycles. The van der Waals surface area contributed by atoms with Crippen molar-refractivity contribution in [2.45, 2.75) is 0 Å². The predicted octanol–water partition coefficient (Wildman–Crippen LogP) is -2.73. The fourth-order valence-electron chi connectivity index (χ4n) is 0. The Morgan fingerprint density at radius 1 is 1.00 bits per heavy atom. The molecule has 0 unspecified atom stereocenters.